The monoisotopic (exact) mass is 294 g/mol. The first-order valence-corrected chi connectivity index (χ1v) is 7.26. The van der Waals surface area contributed by atoms with E-state index in [2.05, 4.69) is 28.6 Å². The third-order valence-corrected chi connectivity index (χ3v) is 3.82. The van der Waals surface area contributed by atoms with Gasteiger partial charge in [-0.05, 0) is 31.0 Å². The Labute approximate surface area is 129 Å². The molecule has 112 valence electrons. The summed E-state index contributed by atoms with van der Waals surface area (Å²) in [4.78, 5) is 4.33. The summed E-state index contributed by atoms with van der Waals surface area (Å²) in [5, 5.41) is 16.0. The topological polar surface area (TPSA) is 70.0 Å². The van der Waals surface area contributed by atoms with Gasteiger partial charge in [0.25, 0.3) is 0 Å². The lowest BCUT2D eigenvalue weighted by Crippen LogP contribution is -2.09. The van der Waals surface area contributed by atoms with Gasteiger partial charge in [-0.2, -0.15) is 5.26 Å². The minimum atomic E-state index is 0.345. The lowest BCUT2D eigenvalue weighted by molar-refractivity contribution is 0.414. The molecule has 2 N–H and O–H groups in total. The Hall–Kier alpha value is -2.74. The number of anilines is 2. The molecule has 2 heterocycles. The number of hydrogen-bond acceptors (Lipinski definition) is 5. The van der Waals surface area contributed by atoms with E-state index in [1.165, 1.54) is 0 Å². The first-order valence-electron chi connectivity index (χ1n) is 7.26. The van der Waals surface area contributed by atoms with Crippen LogP contribution in [0.3, 0.4) is 0 Å². The first-order chi connectivity index (χ1) is 10.7. The normalized spacial score (nSPS) is 15.6. The van der Waals surface area contributed by atoms with Gasteiger partial charge >= 0.3 is 0 Å². The predicted octanol–water partition coefficient (Wildman–Crippen LogP) is 2.93. The zero-order chi connectivity index (χ0) is 15.5. The summed E-state index contributed by atoms with van der Waals surface area (Å²) in [6.45, 7) is 2.77. The molecule has 1 aromatic carbocycles. The van der Waals surface area contributed by atoms with Crippen molar-refractivity contribution in [3.05, 3.63) is 47.2 Å². The number of aromatic nitrogens is 1. The van der Waals surface area contributed by atoms with Gasteiger partial charge in [0, 0.05) is 24.3 Å². The maximum absolute atomic E-state index is 9.31. The summed E-state index contributed by atoms with van der Waals surface area (Å²) in [5.74, 6) is 1.72. The fourth-order valence-corrected chi connectivity index (χ4v) is 2.69. The number of methoxy groups -OCH3 is 1. The lowest BCUT2D eigenvalue weighted by atomic mass is 10.1. The molecule has 2 aromatic rings. The zero-order valence-corrected chi connectivity index (χ0v) is 12.7. The van der Waals surface area contributed by atoms with Gasteiger partial charge < -0.3 is 15.4 Å². The molecular weight excluding hydrogens is 276 g/mol. The third-order valence-electron chi connectivity index (χ3n) is 3.82. The standard InChI is InChI=1S/C17H18N4O/c1-11-7-15-16(13(8-18)10-20-17(15)21-11)19-9-12-3-5-14(22-2)6-4-12/h3-6,10-11H,7,9H2,1-2H3,(H2,19,20,21)/t11-/m1/s1. The van der Waals surface area contributed by atoms with E-state index in [0.29, 0.717) is 18.2 Å². The van der Waals surface area contributed by atoms with Crippen LogP contribution in [0.5, 0.6) is 5.75 Å². The molecule has 0 bridgehead atoms. The number of nitrogens with one attached hydrogen (secondary N) is 2. The van der Waals surface area contributed by atoms with Crippen LogP contribution in [0, 0.1) is 11.3 Å². The second-order valence-corrected chi connectivity index (χ2v) is 5.44. The van der Waals surface area contributed by atoms with E-state index in [0.717, 1.165) is 34.8 Å². The SMILES string of the molecule is COc1ccc(CNc2c(C#N)cnc3c2C[C@@H](C)N3)cc1. The molecule has 0 aliphatic carbocycles. The van der Waals surface area contributed by atoms with Gasteiger partial charge in [0.1, 0.15) is 17.6 Å². The van der Waals surface area contributed by atoms with Gasteiger partial charge in [-0.25, -0.2) is 4.98 Å². The molecule has 5 heteroatoms. The van der Waals surface area contributed by atoms with Crippen molar-refractivity contribution in [1.82, 2.24) is 4.98 Å². The van der Waals surface area contributed by atoms with E-state index in [-0.39, 0.29) is 0 Å². The molecule has 0 saturated carbocycles. The van der Waals surface area contributed by atoms with Crippen molar-refractivity contribution in [3.63, 3.8) is 0 Å². The van der Waals surface area contributed by atoms with E-state index in [4.69, 9.17) is 4.74 Å². The van der Waals surface area contributed by atoms with Crippen molar-refractivity contribution in [3.8, 4) is 11.8 Å². The summed E-state index contributed by atoms with van der Waals surface area (Å²) in [6.07, 6.45) is 2.50. The third kappa shape index (κ3) is 2.68. The molecule has 1 aliphatic heterocycles. The fourth-order valence-electron chi connectivity index (χ4n) is 2.69. The number of nitriles is 1. The van der Waals surface area contributed by atoms with Gasteiger partial charge in [0.15, 0.2) is 0 Å². The van der Waals surface area contributed by atoms with Crippen LogP contribution in [0.15, 0.2) is 30.5 Å². The average Bonchev–Trinajstić information content (AvgIpc) is 2.93. The molecule has 3 rings (SSSR count). The van der Waals surface area contributed by atoms with Gasteiger partial charge in [-0.15, -0.1) is 0 Å². The fraction of sp³-hybridized carbons (Fsp3) is 0.294. The van der Waals surface area contributed by atoms with Gasteiger partial charge in [-0.3, -0.25) is 0 Å². The van der Waals surface area contributed by atoms with Gasteiger partial charge in [-0.1, -0.05) is 12.1 Å². The minimum Gasteiger partial charge on any atom is -0.497 e. The number of fused-ring (bicyclic) bond motifs is 1. The maximum Gasteiger partial charge on any atom is 0.131 e. The Balaban J connectivity index is 1.83. The van der Waals surface area contributed by atoms with Crippen LogP contribution in [0.25, 0.3) is 0 Å². The van der Waals surface area contributed by atoms with Crippen LogP contribution < -0.4 is 15.4 Å². The second kappa shape index (κ2) is 5.94. The molecule has 0 spiro atoms. The maximum atomic E-state index is 9.31. The zero-order valence-electron chi connectivity index (χ0n) is 12.7. The highest BCUT2D eigenvalue weighted by Gasteiger charge is 2.23. The van der Waals surface area contributed by atoms with Crippen molar-refractivity contribution in [2.24, 2.45) is 0 Å². The minimum absolute atomic E-state index is 0.345. The van der Waals surface area contributed by atoms with Crippen LogP contribution in [-0.4, -0.2) is 18.1 Å². The molecule has 5 nitrogen and oxygen atoms in total. The molecule has 0 unspecified atom stereocenters. The lowest BCUT2D eigenvalue weighted by Gasteiger charge is -2.12. The predicted molar refractivity (Wildman–Crippen MR) is 86.1 cm³/mol. The van der Waals surface area contributed by atoms with Crippen molar-refractivity contribution >= 4 is 11.5 Å². The molecule has 1 aromatic heterocycles. The smallest absolute Gasteiger partial charge is 0.131 e. The van der Waals surface area contributed by atoms with E-state index in [1.54, 1.807) is 13.3 Å². The van der Waals surface area contributed by atoms with Crippen molar-refractivity contribution < 1.29 is 4.74 Å². The van der Waals surface area contributed by atoms with Crippen molar-refractivity contribution in [1.29, 1.82) is 5.26 Å². The summed E-state index contributed by atoms with van der Waals surface area (Å²) in [7, 11) is 1.65. The first kappa shape index (κ1) is 14.2. The Morgan fingerprint density at radius 1 is 1.41 bits per heavy atom. The molecule has 22 heavy (non-hydrogen) atoms. The number of pyridine rings is 1. The van der Waals surface area contributed by atoms with E-state index >= 15 is 0 Å². The Bertz CT molecular complexity index is 719. The number of hydrogen-bond donors (Lipinski definition) is 2. The summed E-state index contributed by atoms with van der Waals surface area (Å²) in [6, 6.07) is 10.5. The summed E-state index contributed by atoms with van der Waals surface area (Å²) < 4.78 is 5.16. The van der Waals surface area contributed by atoms with Crippen LogP contribution in [-0.2, 0) is 13.0 Å². The largest absolute Gasteiger partial charge is 0.497 e. The second-order valence-electron chi connectivity index (χ2n) is 5.44. The molecular formula is C17H18N4O. The van der Waals surface area contributed by atoms with Crippen molar-refractivity contribution in [2.75, 3.05) is 17.7 Å². The summed E-state index contributed by atoms with van der Waals surface area (Å²) >= 11 is 0. The van der Waals surface area contributed by atoms with E-state index in [9.17, 15) is 5.26 Å². The molecule has 0 fully saturated rings. The van der Waals surface area contributed by atoms with Crippen LogP contribution in [0.1, 0.15) is 23.6 Å². The number of nitrogens with zero attached hydrogens (tertiary/aromatic N) is 2. The molecule has 1 aliphatic rings. The number of benzene rings is 1. The van der Waals surface area contributed by atoms with E-state index < -0.39 is 0 Å². The number of rotatable bonds is 4. The Morgan fingerprint density at radius 3 is 2.86 bits per heavy atom. The molecule has 0 saturated heterocycles. The Morgan fingerprint density at radius 2 is 2.18 bits per heavy atom. The van der Waals surface area contributed by atoms with E-state index in [1.807, 2.05) is 24.3 Å². The summed E-state index contributed by atoms with van der Waals surface area (Å²) in [5.41, 5.74) is 3.71. The number of ether oxygens (including phenoxy) is 1. The molecule has 0 radical (unpaired) electrons. The molecule has 0 amide bonds. The quantitative estimate of drug-likeness (QED) is 0.907. The van der Waals surface area contributed by atoms with Gasteiger partial charge in [0.2, 0.25) is 0 Å². The average molecular weight is 294 g/mol. The van der Waals surface area contributed by atoms with Crippen LogP contribution in [0.2, 0.25) is 0 Å². The molecule has 1 atom stereocenters. The highest BCUT2D eigenvalue weighted by atomic mass is 16.5. The van der Waals surface area contributed by atoms with Crippen LogP contribution in [0.4, 0.5) is 11.5 Å². The van der Waals surface area contributed by atoms with Crippen molar-refractivity contribution in [2.45, 2.75) is 25.9 Å². The highest BCUT2D eigenvalue weighted by molar-refractivity contribution is 5.71. The van der Waals surface area contributed by atoms with Gasteiger partial charge in [0.05, 0.1) is 18.4 Å². The Kier molecular flexibility index (Phi) is 3.84. The van der Waals surface area contributed by atoms with Crippen LogP contribution >= 0.6 is 0 Å². The highest BCUT2D eigenvalue weighted by Crippen LogP contribution is 2.32.